The molecular formula is C9H11BrN2O2S. The van der Waals surface area contributed by atoms with E-state index in [-0.39, 0.29) is 0 Å². The topological polar surface area (TPSA) is 89.3 Å². The lowest BCUT2D eigenvalue weighted by molar-refractivity contribution is -0.137. The first-order valence-electron chi connectivity index (χ1n) is 4.17. The molecule has 1 aromatic carbocycles. The van der Waals surface area contributed by atoms with Crippen molar-refractivity contribution in [1.82, 2.24) is 0 Å². The largest absolute Gasteiger partial charge is 0.480 e. The summed E-state index contributed by atoms with van der Waals surface area (Å²) in [6.45, 7) is 0. The van der Waals surface area contributed by atoms with Gasteiger partial charge in [-0.2, -0.15) is 0 Å². The van der Waals surface area contributed by atoms with Gasteiger partial charge in [0.1, 0.15) is 6.04 Å². The van der Waals surface area contributed by atoms with Gasteiger partial charge in [0.05, 0.1) is 0 Å². The molecule has 0 aliphatic carbocycles. The zero-order valence-electron chi connectivity index (χ0n) is 7.81. The van der Waals surface area contributed by atoms with Crippen molar-refractivity contribution in [2.45, 2.75) is 10.9 Å². The quantitative estimate of drug-likeness (QED) is 0.578. The predicted octanol–water partition coefficient (Wildman–Crippen LogP) is 1.54. The molecular weight excluding hydrogens is 280 g/mol. The highest BCUT2D eigenvalue weighted by atomic mass is 79.9. The first-order chi connectivity index (χ1) is 7.00. The number of anilines is 1. The molecule has 82 valence electrons. The molecule has 1 atom stereocenters. The Hall–Kier alpha value is -0.720. The van der Waals surface area contributed by atoms with E-state index in [9.17, 15) is 4.79 Å². The van der Waals surface area contributed by atoms with E-state index < -0.39 is 12.0 Å². The second kappa shape index (κ2) is 5.39. The molecule has 0 fully saturated rings. The van der Waals surface area contributed by atoms with Gasteiger partial charge < -0.3 is 16.6 Å². The van der Waals surface area contributed by atoms with Crippen LogP contribution in [-0.4, -0.2) is 22.9 Å². The van der Waals surface area contributed by atoms with Gasteiger partial charge in [-0.15, -0.1) is 11.8 Å². The zero-order chi connectivity index (χ0) is 11.4. The van der Waals surface area contributed by atoms with Crippen molar-refractivity contribution in [2.75, 3.05) is 11.5 Å². The van der Waals surface area contributed by atoms with Gasteiger partial charge in [0.2, 0.25) is 0 Å². The smallest absolute Gasteiger partial charge is 0.321 e. The summed E-state index contributed by atoms with van der Waals surface area (Å²) in [5.74, 6) is -0.695. The zero-order valence-corrected chi connectivity index (χ0v) is 10.2. The van der Waals surface area contributed by atoms with Gasteiger partial charge >= 0.3 is 5.97 Å². The molecule has 1 rings (SSSR count). The third kappa shape index (κ3) is 3.73. The van der Waals surface area contributed by atoms with Crippen LogP contribution in [0.15, 0.2) is 27.6 Å². The van der Waals surface area contributed by atoms with Crippen molar-refractivity contribution in [3.05, 3.63) is 22.7 Å². The Balaban J connectivity index is 2.62. The van der Waals surface area contributed by atoms with Gasteiger partial charge in [0.25, 0.3) is 0 Å². The Morgan fingerprint density at radius 1 is 1.60 bits per heavy atom. The highest BCUT2D eigenvalue weighted by molar-refractivity contribution is 9.10. The summed E-state index contributed by atoms with van der Waals surface area (Å²) in [6, 6.07) is 4.59. The van der Waals surface area contributed by atoms with Gasteiger partial charge in [-0.3, -0.25) is 4.79 Å². The van der Waals surface area contributed by atoms with Crippen molar-refractivity contribution in [1.29, 1.82) is 0 Å². The molecule has 0 saturated carbocycles. The number of nitrogen functional groups attached to an aromatic ring is 1. The van der Waals surface area contributed by atoms with Crippen molar-refractivity contribution in [3.63, 3.8) is 0 Å². The highest BCUT2D eigenvalue weighted by Crippen LogP contribution is 2.27. The minimum atomic E-state index is -1.00. The van der Waals surface area contributed by atoms with E-state index in [0.717, 1.165) is 9.37 Å². The molecule has 6 heteroatoms. The Morgan fingerprint density at radius 2 is 2.27 bits per heavy atom. The molecule has 0 bridgehead atoms. The molecule has 0 spiro atoms. The van der Waals surface area contributed by atoms with Gasteiger partial charge in [0, 0.05) is 20.8 Å². The summed E-state index contributed by atoms with van der Waals surface area (Å²) in [6.07, 6.45) is 0. The van der Waals surface area contributed by atoms with Crippen molar-refractivity contribution in [2.24, 2.45) is 5.73 Å². The van der Waals surface area contributed by atoms with Gasteiger partial charge in [-0.05, 0) is 18.2 Å². The predicted molar refractivity (Wildman–Crippen MR) is 64.9 cm³/mol. The number of nitrogens with two attached hydrogens (primary N) is 2. The summed E-state index contributed by atoms with van der Waals surface area (Å²) in [7, 11) is 0. The fraction of sp³-hybridized carbons (Fsp3) is 0.222. The van der Waals surface area contributed by atoms with Gasteiger partial charge in [-0.25, -0.2) is 0 Å². The van der Waals surface area contributed by atoms with Crippen LogP contribution in [0, 0.1) is 0 Å². The van der Waals surface area contributed by atoms with Crippen LogP contribution in [0.5, 0.6) is 0 Å². The van der Waals surface area contributed by atoms with E-state index in [2.05, 4.69) is 15.9 Å². The summed E-state index contributed by atoms with van der Waals surface area (Å²) >= 11 is 4.63. The molecule has 1 aromatic rings. The molecule has 0 aliphatic rings. The number of thioether (sulfide) groups is 1. The molecule has 0 saturated heterocycles. The van der Waals surface area contributed by atoms with Gasteiger partial charge in [0.15, 0.2) is 0 Å². The Morgan fingerprint density at radius 3 is 2.80 bits per heavy atom. The maximum absolute atomic E-state index is 10.5. The third-order valence-corrected chi connectivity index (χ3v) is 3.41. The molecule has 4 nitrogen and oxygen atoms in total. The van der Waals surface area contributed by atoms with Crippen LogP contribution in [-0.2, 0) is 4.79 Å². The fourth-order valence-electron chi connectivity index (χ4n) is 0.902. The number of carboxylic acid groups (broad SMARTS) is 1. The Kier molecular flexibility index (Phi) is 4.44. The van der Waals surface area contributed by atoms with E-state index in [0.29, 0.717) is 11.4 Å². The van der Waals surface area contributed by atoms with E-state index in [1.54, 1.807) is 6.07 Å². The number of aliphatic carboxylic acids is 1. The summed E-state index contributed by atoms with van der Waals surface area (Å²) in [4.78, 5) is 11.3. The maximum Gasteiger partial charge on any atom is 0.321 e. The monoisotopic (exact) mass is 290 g/mol. The lowest BCUT2D eigenvalue weighted by atomic mass is 10.3. The third-order valence-electron chi connectivity index (χ3n) is 1.71. The normalized spacial score (nSPS) is 12.4. The van der Waals surface area contributed by atoms with Crippen LogP contribution in [0.2, 0.25) is 0 Å². The van der Waals surface area contributed by atoms with Crippen LogP contribution in [0.3, 0.4) is 0 Å². The fourth-order valence-corrected chi connectivity index (χ4v) is 2.17. The highest BCUT2D eigenvalue weighted by Gasteiger charge is 2.12. The van der Waals surface area contributed by atoms with Crippen LogP contribution in [0.4, 0.5) is 5.69 Å². The molecule has 0 aliphatic heterocycles. The summed E-state index contributed by atoms with van der Waals surface area (Å²) < 4.78 is 0.895. The van der Waals surface area contributed by atoms with Crippen LogP contribution >= 0.6 is 27.7 Å². The summed E-state index contributed by atoms with van der Waals surface area (Å²) in [5.41, 5.74) is 11.7. The van der Waals surface area contributed by atoms with Gasteiger partial charge in [-0.1, -0.05) is 15.9 Å². The van der Waals surface area contributed by atoms with Crippen molar-refractivity contribution in [3.8, 4) is 0 Å². The van der Waals surface area contributed by atoms with Crippen LogP contribution in [0.1, 0.15) is 0 Å². The molecule has 1 unspecified atom stereocenters. The Bertz CT molecular complexity index is 373. The number of carbonyl (C=O) groups is 1. The van der Waals surface area contributed by atoms with E-state index in [1.165, 1.54) is 11.8 Å². The average molecular weight is 291 g/mol. The van der Waals surface area contributed by atoms with E-state index in [4.69, 9.17) is 16.6 Å². The number of halogens is 1. The molecule has 0 amide bonds. The average Bonchev–Trinajstić information content (AvgIpc) is 2.15. The number of rotatable bonds is 4. The van der Waals surface area contributed by atoms with E-state index in [1.807, 2.05) is 12.1 Å². The number of benzene rings is 1. The lowest BCUT2D eigenvalue weighted by Gasteiger charge is -2.08. The molecule has 5 N–H and O–H groups in total. The minimum absolute atomic E-state index is 0.307. The van der Waals surface area contributed by atoms with Crippen LogP contribution < -0.4 is 11.5 Å². The molecule has 0 radical (unpaired) electrons. The van der Waals surface area contributed by atoms with Crippen molar-refractivity contribution < 1.29 is 9.90 Å². The van der Waals surface area contributed by atoms with Crippen LogP contribution in [0.25, 0.3) is 0 Å². The first kappa shape index (κ1) is 12.4. The SMILES string of the molecule is Nc1cc(Br)ccc1SCC(N)C(=O)O. The second-order valence-corrected chi connectivity index (χ2v) is 4.92. The van der Waals surface area contributed by atoms with Crippen molar-refractivity contribution >= 4 is 39.3 Å². The molecule has 0 heterocycles. The summed E-state index contributed by atoms with van der Waals surface area (Å²) in [5, 5.41) is 8.60. The van der Waals surface area contributed by atoms with E-state index >= 15 is 0 Å². The first-order valence-corrected chi connectivity index (χ1v) is 5.95. The second-order valence-electron chi connectivity index (χ2n) is 2.94. The maximum atomic E-state index is 10.5. The lowest BCUT2D eigenvalue weighted by Crippen LogP contribution is -2.32. The minimum Gasteiger partial charge on any atom is -0.480 e. The Labute approximate surface area is 100 Å². The number of carboxylic acids is 1. The molecule has 15 heavy (non-hydrogen) atoms. The number of hydrogen-bond acceptors (Lipinski definition) is 4. The standard InChI is InChI=1S/C9H11BrN2O2S/c10-5-1-2-8(6(11)3-5)15-4-7(12)9(13)14/h1-3,7H,4,11-12H2,(H,13,14). The number of hydrogen-bond donors (Lipinski definition) is 3. The molecule has 0 aromatic heterocycles.